The van der Waals surface area contributed by atoms with E-state index in [0.717, 1.165) is 36.8 Å². The second-order valence-corrected chi connectivity index (χ2v) is 8.45. The van der Waals surface area contributed by atoms with Crippen molar-refractivity contribution < 1.29 is 14.0 Å². The molecule has 31 heavy (non-hydrogen) atoms. The number of carbonyl (C=O) groups is 2. The molecular weight excluding hydrogens is 391 g/mol. The molecule has 0 heterocycles. The normalized spacial score (nSPS) is 15.3. The molecule has 5 heteroatoms. The van der Waals surface area contributed by atoms with Crippen LogP contribution in [0.5, 0.6) is 0 Å². The third kappa shape index (κ3) is 6.91. The number of benzene rings is 2. The molecule has 3 rings (SSSR count). The lowest BCUT2D eigenvalue weighted by Crippen LogP contribution is -2.52. The van der Waals surface area contributed by atoms with E-state index in [1.165, 1.54) is 18.6 Å². The second kappa shape index (κ2) is 11.6. The molecule has 1 aliphatic carbocycles. The van der Waals surface area contributed by atoms with Gasteiger partial charge in [-0.25, -0.2) is 4.39 Å². The molecule has 0 bridgehead atoms. The van der Waals surface area contributed by atoms with E-state index >= 15 is 0 Å². The van der Waals surface area contributed by atoms with Gasteiger partial charge in [-0.15, -0.1) is 0 Å². The monoisotopic (exact) mass is 424 g/mol. The Morgan fingerprint density at radius 1 is 1.00 bits per heavy atom. The van der Waals surface area contributed by atoms with E-state index in [9.17, 15) is 14.0 Å². The van der Waals surface area contributed by atoms with Gasteiger partial charge in [0, 0.05) is 25.4 Å². The fourth-order valence-corrected chi connectivity index (χ4v) is 4.24. The van der Waals surface area contributed by atoms with Crippen molar-refractivity contribution in [2.75, 3.05) is 0 Å². The molecule has 2 aromatic carbocycles. The van der Waals surface area contributed by atoms with Crippen LogP contribution in [0.4, 0.5) is 4.39 Å². The minimum Gasteiger partial charge on any atom is -0.352 e. The van der Waals surface area contributed by atoms with Gasteiger partial charge in [0.15, 0.2) is 0 Å². The summed E-state index contributed by atoms with van der Waals surface area (Å²) in [4.78, 5) is 28.2. The highest BCUT2D eigenvalue weighted by Gasteiger charge is 2.31. The molecule has 1 fully saturated rings. The molecule has 1 saturated carbocycles. The highest BCUT2D eigenvalue weighted by molar-refractivity contribution is 5.88. The van der Waals surface area contributed by atoms with Crippen LogP contribution in [0.3, 0.4) is 0 Å². The van der Waals surface area contributed by atoms with Crippen LogP contribution in [0.25, 0.3) is 0 Å². The average Bonchev–Trinajstić information content (AvgIpc) is 2.79. The zero-order valence-electron chi connectivity index (χ0n) is 18.4. The minimum atomic E-state index is -0.603. The predicted molar refractivity (Wildman–Crippen MR) is 121 cm³/mol. The lowest BCUT2D eigenvalue weighted by molar-refractivity contribution is -0.141. The van der Waals surface area contributed by atoms with Gasteiger partial charge in [-0.3, -0.25) is 9.59 Å². The van der Waals surface area contributed by atoms with Crippen molar-refractivity contribution in [1.29, 1.82) is 0 Å². The molecular formula is C26H33FN2O2. The number of nitrogens with one attached hydrogen (secondary N) is 1. The molecule has 0 spiro atoms. The number of rotatable bonds is 9. The molecule has 1 aliphatic rings. The summed E-state index contributed by atoms with van der Waals surface area (Å²) in [5.41, 5.74) is 1.83. The lowest BCUT2D eigenvalue weighted by atomic mass is 9.94. The second-order valence-electron chi connectivity index (χ2n) is 8.45. The standard InChI is InChI=1S/C26H33FN2O2/c1-2-9-25(30)29(19-21-14-16-22(27)17-15-21)24(18-20-10-5-3-6-11-20)26(31)28-23-12-7-4-8-13-23/h3,5-6,10-11,14-17,23-24H,2,4,7-9,12-13,18-19H2,1H3,(H,28,31)/t24-/m0/s1. The van der Waals surface area contributed by atoms with Crippen molar-refractivity contribution >= 4 is 11.8 Å². The summed E-state index contributed by atoms with van der Waals surface area (Å²) >= 11 is 0. The Morgan fingerprint density at radius 3 is 2.32 bits per heavy atom. The summed E-state index contributed by atoms with van der Waals surface area (Å²) in [6, 6.07) is 15.5. The van der Waals surface area contributed by atoms with Crippen molar-refractivity contribution in [2.24, 2.45) is 0 Å². The van der Waals surface area contributed by atoms with E-state index in [0.29, 0.717) is 19.3 Å². The summed E-state index contributed by atoms with van der Waals surface area (Å²) in [6.45, 7) is 2.25. The van der Waals surface area contributed by atoms with Gasteiger partial charge in [0.25, 0.3) is 0 Å². The quantitative estimate of drug-likeness (QED) is 0.615. The van der Waals surface area contributed by atoms with E-state index in [2.05, 4.69) is 5.32 Å². The van der Waals surface area contributed by atoms with E-state index in [-0.39, 0.29) is 30.2 Å². The number of hydrogen-bond acceptors (Lipinski definition) is 2. The first-order valence-electron chi connectivity index (χ1n) is 11.4. The molecule has 1 atom stereocenters. The molecule has 2 amide bonds. The van der Waals surface area contributed by atoms with E-state index in [1.807, 2.05) is 37.3 Å². The minimum absolute atomic E-state index is 0.0495. The molecule has 2 aromatic rings. The molecule has 166 valence electrons. The Morgan fingerprint density at radius 2 is 1.68 bits per heavy atom. The number of carbonyl (C=O) groups excluding carboxylic acids is 2. The molecule has 1 N–H and O–H groups in total. The maximum absolute atomic E-state index is 13.4. The molecule has 4 nitrogen and oxygen atoms in total. The molecule has 0 aromatic heterocycles. The first-order chi connectivity index (χ1) is 15.1. The summed E-state index contributed by atoms with van der Waals surface area (Å²) < 4.78 is 13.4. The number of amides is 2. The van der Waals surface area contributed by atoms with E-state index in [4.69, 9.17) is 0 Å². The topological polar surface area (TPSA) is 49.4 Å². The van der Waals surface area contributed by atoms with Gasteiger partial charge in [-0.2, -0.15) is 0 Å². The van der Waals surface area contributed by atoms with Crippen molar-refractivity contribution in [3.05, 3.63) is 71.5 Å². The van der Waals surface area contributed by atoms with Crippen LogP contribution in [0.15, 0.2) is 54.6 Å². The highest BCUT2D eigenvalue weighted by atomic mass is 19.1. The zero-order valence-corrected chi connectivity index (χ0v) is 18.4. The summed E-state index contributed by atoms with van der Waals surface area (Å²) in [6.07, 6.45) is 6.99. The molecule has 0 unspecified atom stereocenters. The van der Waals surface area contributed by atoms with Crippen molar-refractivity contribution in [1.82, 2.24) is 10.2 Å². The fraction of sp³-hybridized carbons (Fsp3) is 0.462. The lowest BCUT2D eigenvalue weighted by Gasteiger charge is -2.33. The van der Waals surface area contributed by atoms with Crippen LogP contribution in [0, 0.1) is 5.82 Å². The predicted octanol–water partition coefficient (Wildman–Crippen LogP) is 5.01. The molecule has 0 saturated heterocycles. The first-order valence-corrected chi connectivity index (χ1v) is 11.4. The molecule has 0 aliphatic heterocycles. The first kappa shape index (κ1) is 23.0. The Bertz CT molecular complexity index is 832. The van der Waals surface area contributed by atoms with Gasteiger partial charge < -0.3 is 10.2 Å². The maximum atomic E-state index is 13.4. The molecule has 0 radical (unpaired) electrons. The number of hydrogen-bond donors (Lipinski definition) is 1. The smallest absolute Gasteiger partial charge is 0.243 e. The van der Waals surface area contributed by atoms with Crippen LogP contribution in [0.2, 0.25) is 0 Å². The third-order valence-electron chi connectivity index (χ3n) is 5.95. The summed E-state index contributed by atoms with van der Waals surface area (Å²) in [5.74, 6) is -0.458. The Labute approximate surface area is 184 Å². The highest BCUT2D eigenvalue weighted by Crippen LogP contribution is 2.20. The average molecular weight is 425 g/mol. The number of nitrogens with zero attached hydrogens (tertiary/aromatic N) is 1. The number of halogens is 1. The van der Waals surface area contributed by atoms with Gasteiger partial charge in [0.05, 0.1) is 0 Å². The van der Waals surface area contributed by atoms with Crippen LogP contribution in [0.1, 0.15) is 63.0 Å². The Hall–Kier alpha value is -2.69. The van der Waals surface area contributed by atoms with Crippen LogP contribution < -0.4 is 5.32 Å². The van der Waals surface area contributed by atoms with Crippen molar-refractivity contribution in [2.45, 2.75) is 76.9 Å². The van der Waals surface area contributed by atoms with Crippen molar-refractivity contribution in [3.63, 3.8) is 0 Å². The van der Waals surface area contributed by atoms with Gasteiger partial charge >= 0.3 is 0 Å². The van der Waals surface area contributed by atoms with Crippen LogP contribution in [-0.4, -0.2) is 28.8 Å². The van der Waals surface area contributed by atoms with Gasteiger partial charge in [-0.05, 0) is 42.5 Å². The Balaban J connectivity index is 1.87. The summed E-state index contributed by atoms with van der Waals surface area (Å²) in [5, 5.41) is 3.22. The van der Waals surface area contributed by atoms with Crippen LogP contribution in [-0.2, 0) is 22.6 Å². The third-order valence-corrected chi connectivity index (χ3v) is 5.95. The maximum Gasteiger partial charge on any atom is 0.243 e. The van der Waals surface area contributed by atoms with Gasteiger partial charge in [0.2, 0.25) is 11.8 Å². The summed E-state index contributed by atoms with van der Waals surface area (Å²) in [7, 11) is 0. The largest absolute Gasteiger partial charge is 0.352 e. The zero-order chi connectivity index (χ0) is 22.1. The van der Waals surface area contributed by atoms with Crippen molar-refractivity contribution in [3.8, 4) is 0 Å². The van der Waals surface area contributed by atoms with Crippen LogP contribution >= 0.6 is 0 Å². The van der Waals surface area contributed by atoms with E-state index < -0.39 is 6.04 Å². The SMILES string of the molecule is CCCC(=O)N(Cc1ccc(F)cc1)[C@@H](Cc1ccccc1)C(=O)NC1CCCCC1. The van der Waals surface area contributed by atoms with E-state index in [1.54, 1.807) is 17.0 Å². The fourth-order valence-electron chi connectivity index (χ4n) is 4.24. The van der Waals surface area contributed by atoms with Gasteiger partial charge in [0.1, 0.15) is 11.9 Å². The Kier molecular flexibility index (Phi) is 8.63. The van der Waals surface area contributed by atoms with Gasteiger partial charge in [-0.1, -0.05) is 68.7 Å².